The summed E-state index contributed by atoms with van der Waals surface area (Å²) < 4.78 is 35.5. The summed E-state index contributed by atoms with van der Waals surface area (Å²) in [6, 6.07) is -2.51. The fraction of sp³-hybridized carbons (Fsp3) is 0.700. The topological polar surface area (TPSA) is 234 Å². The molecular formula is C10H17N7O8S. The summed E-state index contributed by atoms with van der Waals surface area (Å²) in [6.45, 7) is -0.721. The van der Waals surface area contributed by atoms with Gasteiger partial charge in [-0.25, -0.2) is 14.9 Å². The van der Waals surface area contributed by atoms with Crippen molar-refractivity contribution in [2.24, 2.45) is 10.7 Å². The molecule has 0 bridgehead atoms. The highest BCUT2D eigenvalue weighted by Gasteiger charge is 2.71. The van der Waals surface area contributed by atoms with Crippen molar-refractivity contribution in [3.63, 3.8) is 0 Å². The van der Waals surface area contributed by atoms with Crippen molar-refractivity contribution >= 4 is 28.3 Å². The monoisotopic (exact) mass is 395 g/mol. The Bertz CT molecular complexity index is 784. The second kappa shape index (κ2) is 5.55. The molecule has 3 unspecified atom stereocenters. The van der Waals surface area contributed by atoms with Gasteiger partial charge in [-0.3, -0.25) is 15.2 Å². The molecule has 0 aromatic carbocycles. The smallest absolute Gasteiger partial charge is 0.422 e. The van der Waals surface area contributed by atoms with Gasteiger partial charge in [-0.1, -0.05) is 0 Å². The number of nitrogens with zero attached hydrogens (tertiary/aromatic N) is 3. The van der Waals surface area contributed by atoms with Crippen molar-refractivity contribution in [3.8, 4) is 0 Å². The maximum Gasteiger partial charge on any atom is 0.422 e. The van der Waals surface area contributed by atoms with Crippen molar-refractivity contribution in [2.45, 2.75) is 30.0 Å². The van der Waals surface area contributed by atoms with Crippen LogP contribution in [-0.2, 0) is 15.0 Å². The summed E-state index contributed by atoms with van der Waals surface area (Å²) >= 11 is 0. The number of rotatable bonds is 3. The number of carbonyl (C=O) groups excluding carboxylic acids is 1. The predicted molar refractivity (Wildman–Crippen MR) is 80.9 cm³/mol. The van der Waals surface area contributed by atoms with Crippen molar-refractivity contribution < 1.29 is 37.9 Å². The molecule has 0 saturated carbocycles. The number of hydroxylamine groups is 2. The molecule has 3 heterocycles. The molecule has 3 atom stereocenters. The van der Waals surface area contributed by atoms with Crippen LogP contribution in [0.2, 0.25) is 0 Å². The van der Waals surface area contributed by atoms with Gasteiger partial charge in [0.1, 0.15) is 18.7 Å². The third kappa shape index (κ3) is 2.58. The minimum Gasteiger partial charge on any atom is -0.446 e. The van der Waals surface area contributed by atoms with E-state index in [1.165, 1.54) is 0 Å². The van der Waals surface area contributed by atoms with Crippen LogP contribution < -0.4 is 15.8 Å². The van der Waals surface area contributed by atoms with Gasteiger partial charge in [0.05, 0.1) is 0 Å². The second-order valence-electron chi connectivity index (χ2n) is 5.98. The number of aliphatic hydroxyl groups is 2. The van der Waals surface area contributed by atoms with E-state index in [-0.39, 0.29) is 18.9 Å². The fourth-order valence-corrected chi connectivity index (χ4v) is 3.74. The number of guanidine groups is 2. The molecule has 3 aliphatic rings. The van der Waals surface area contributed by atoms with Crippen molar-refractivity contribution in [1.82, 2.24) is 20.0 Å². The van der Waals surface area contributed by atoms with Gasteiger partial charge in [0.15, 0.2) is 11.6 Å². The van der Waals surface area contributed by atoms with Crippen LogP contribution in [0.15, 0.2) is 4.99 Å². The number of hydrogen-bond donors (Lipinski definition) is 8. The molecule has 146 valence electrons. The molecule has 1 amide bonds. The number of nitrogens with two attached hydrogens (primary N) is 1. The largest absolute Gasteiger partial charge is 0.446 e. The van der Waals surface area contributed by atoms with Crippen LogP contribution in [0.3, 0.4) is 0 Å². The fourth-order valence-electron chi connectivity index (χ4n) is 3.47. The first-order valence-electron chi connectivity index (χ1n) is 7.21. The van der Waals surface area contributed by atoms with Gasteiger partial charge in [-0.05, 0) is 0 Å². The molecular weight excluding hydrogens is 378 g/mol. The molecule has 9 N–H and O–H groups in total. The molecule has 26 heavy (non-hydrogen) atoms. The summed E-state index contributed by atoms with van der Waals surface area (Å²) in [6.07, 6.45) is -1.73. The Kier molecular flexibility index (Phi) is 3.92. The van der Waals surface area contributed by atoms with Crippen LogP contribution in [0.1, 0.15) is 6.42 Å². The third-order valence-corrected chi connectivity index (χ3v) is 4.92. The van der Waals surface area contributed by atoms with Crippen molar-refractivity contribution in [2.75, 3.05) is 13.2 Å². The number of hydrogen-bond acceptors (Lipinski definition) is 11. The van der Waals surface area contributed by atoms with Gasteiger partial charge in [0.2, 0.25) is 11.7 Å². The van der Waals surface area contributed by atoms with Gasteiger partial charge < -0.3 is 30.9 Å². The lowest BCUT2D eigenvalue weighted by molar-refractivity contribution is -0.241. The van der Waals surface area contributed by atoms with E-state index in [2.05, 4.69) is 15.0 Å². The van der Waals surface area contributed by atoms with Gasteiger partial charge >= 0.3 is 16.4 Å². The Morgan fingerprint density at radius 1 is 1.54 bits per heavy atom. The number of amides is 1. The first-order chi connectivity index (χ1) is 11.9. The maximum absolute atomic E-state index is 11.4. The van der Waals surface area contributed by atoms with E-state index >= 15 is 0 Å². The molecule has 0 aromatic heterocycles. The minimum atomic E-state index is -4.85. The Balaban J connectivity index is 1.88. The highest BCUT2D eigenvalue weighted by atomic mass is 32.2. The molecule has 1 spiro atoms. The normalized spacial score (nSPS) is 32.5. The first-order valence-corrected chi connectivity index (χ1v) is 8.65. The molecule has 3 aliphatic heterocycles. The summed E-state index contributed by atoms with van der Waals surface area (Å²) in [5.41, 5.74) is 3.87. The summed E-state index contributed by atoms with van der Waals surface area (Å²) in [4.78, 5) is 16.6. The van der Waals surface area contributed by atoms with E-state index < -0.39 is 52.5 Å². The van der Waals surface area contributed by atoms with Crippen LogP contribution >= 0.6 is 0 Å². The number of nitrogens with one attached hydrogen (secondary N) is 3. The van der Waals surface area contributed by atoms with Crippen LogP contribution in [0.25, 0.3) is 0 Å². The lowest BCUT2D eigenvalue weighted by atomic mass is 9.86. The average Bonchev–Trinajstić information content (AvgIpc) is 2.96. The Morgan fingerprint density at radius 2 is 2.19 bits per heavy atom. The maximum atomic E-state index is 11.4. The van der Waals surface area contributed by atoms with Gasteiger partial charge in [-0.15, -0.1) is 0 Å². The number of ether oxygens (including phenoxy) is 1. The lowest BCUT2D eigenvalue weighted by Gasteiger charge is -2.52. The third-order valence-electron chi connectivity index (χ3n) is 4.49. The van der Waals surface area contributed by atoms with E-state index in [4.69, 9.17) is 15.7 Å². The van der Waals surface area contributed by atoms with E-state index in [0.29, 0.717) is 5.06 Å². The van der Waals surface area contributed by atoms with Crippen LogP contribution in [-0.4, -0.2) is 93.1 Å². The first kappa shape index (κ1) is 18.4. The Hall–Kier alpha value is -2.40. The van der Waals surface area contributed by atoms with E-state index in [9.17, 15) is 28.6 Å². The van der Waals surface area contributed by atoms with Crippen molar-refractivity contribution in [1.29, 1.82) is 5.41 Å². The molecule has 2 fully saturated rings. The molecule has 0 aliphatic carbocycles. The average molecular weight is 395 g/mol. The zero-order chi connectivity index (χ0) is 19.5. The zero-order valence-electron chi connectivity index (χ0n) is 13.0. The molecule has 3 rings (SSSR count). The van der Waals surface area contributed by atoms with Gasteiger partial charge in [0.25, 0.3) is 0 Å². The van der Waals surface area contributed by atoms with Crippen LogP contribution in [0, 0.1) is 5.41 Å². The van der Waals surface area contributed by atoms with Gasteiger partial charge in [0, 0.05) is 13.0 Å². The standard InChI is InChI=1S/C10H17N7O8S/c11-6-13-5-4(3-25-8(18)15-26(22,23)24)17(21)7(12)16-2-1-9(19,20)10(5,16)14-6/h4-5,12,19-21H,1-3H2,(H,15,18)(H3,11,13,14)(H,22,23,24). The highest BCUT2D eigenvalue weighted by molar-refractivity contribution is 7.84. The Labute approximate surface area is 146 Å². The van der Waals surface area contributed by atoms with E-state index in [0.717, 1.165) is 9.62 Å². The van der Waals surface area contributed by atoms with E-state index in [1.807, 2.05) is 0 Å². The van der Waals surface area contributed by atoms with E-state index in [1.54, 1.807) is 0 Å². The summed E-state index contributed by atoms with van der Waals surface area (Å²) in [5.74, 6) is -3.11. The molecule has 0 aromatic rings. The minimum absolute atomic E-state index is 0.00792. The lowest BCUT2D eigenvalue weighted by Crippen LogP contribution is -2.80. The zero-order valence-corrected chi connectivity index (χ0v) is 13.8. The SMILES string of the molecule is N=C1N(O)C(COC(=O)NS(=O)(=O)O)C2N=C(N)NC23N1CCC3(O)O. The molecule has 0 radical (unpaired) electrons. The second-order valence-corrected chi connectivity index (χ2v) is 7.13. The Morgan fingerprint density at radius 3 is 2.81 bits per heavy atom. The molecule has 2 saturated heterocycles. The quantitative estimate of drug-likeness (QED) is 0.168. The number of aliphatic imine (C=N–C) groups is 1. The van der Waals surface area contributed by atoms with Gasteiger partial charge in [-0.2, -0.15) is 13.1 Å². The summed E-state index contributed by atoms with van der Waals surface area (Å²) in [7, 11) is -4.85. The number of carbonyl (C=O) groups is 1. The molecule has 16 heteroatoms. The molecule has 15 nitrogen and oxygen atoms in total. The van der Waals surface area contributed by atoms with Crippen molar-refractivity contribution in [3.05, 3.63) is 0 Å². The summed E-state index contributed by atoms with van der Waals surface area (Å²) in [5, 5.41) is 42.1. The predicted octanol–water partition coefficient (Wildman–Crippen LogP) is -4.11. The highest BCUT2D eigenvalue weighted by Crippen LogP contribution is 2.45. The van der Waals surface area contributed by atoms with Crippen LogP contribution in [0.5, 0.6) is 0 Å². The van der Waals surface area contributed by atoms with Crippen LogP contribution in [0.4, 0.5) is 4.79 Å².